The fraction of sp³-hybridized carbons (Fsp3) is 0.429. The van der Waals surface area contributed by atoms with Crippen LogP contribution in [0.15, 0.2) is 29.2 Å². The van der Waals surface area contributed by atoms with Crippen LogP contribution in [-0.2, 0) is 19.6 Å². The Kier molecular flexibility index (Phi) is 6.07. The molecular weight excluding hydrogens is 310 g/mol. The second kappa shape index (κ2) is 7.37. The second-order valence-corrected chi connectivity index (χ2v) is 6.73. The van der Waals surface area contributed by atoms with E-state index in [-0.39, 0.29) is 11.3 Å². The summed E-state index contributed by atoms with van der Waals surface area (Å²) in [5, 5.41) is 18.2. The Balaban J connectivity index is 2.90. The highest BCUT2D eigenvalue weighted by atomic mass is 32.2. The number of rotatable bonds is 8. The summed E-state index contributed by atoms with van der Waals surface area (Å²) in [5.74, 6) is -5.09. The van der Waals surface area contributed by atoms with Crippen molar-refractivity contribution >= 4 is 22.0 Å². The van der Waals surface area contributed by atoms with Crippen LogP contribution in [0.5, 0.6) is 0 Å². The monoisotopic (exact) mass is 329 g/mol. The Morgan fingerprint density at radius 2 is 1.59 bits per heavy atom. The Bertz CT molecular complexity index is 638. The molecule has 0 amide bonds. The lowest BCUT2D eigenvalue weighted by molar-refractivity contribution is -0.153. The lowest BCUT2D eigenvalue weighted by atomic mass is 9.90. The van der Waals surface area contributed by atoms with E-state index in [1.54, 1.807) is 19.1 Å². The van der Waals surface area contributed by atoms with E-state index in [4.69, 9.17) is 10.2 Å². The topological polar surface area (TPSA) is 121 Å². The average Bonchev–Trinajstić information content (AvgIpc) is 2.43. The summed E-state index contributed by atoms with van der Waals surface area (Å²) in [6.07, 6.45) is 0.0958. The molecule has 8 heteroatoms. The molecule has 1 rings (SSSR count). The molecule has 1 aromatic rings. The van der Waals surface area contributed by atoms with Crippen molar-refractivity contribution < 1.29 is 28.2 Å². The molecule has 0 saturated carbocycles. The van der Waals surface area contributed by atoms with Gasteiger partial charge in [-0.1, -0.05) is 24.6 Å². The van der Waals surface area contributed by atoms with E-state index in [1.165, 1.54) is 12.1 Å². The fourth-order valence-electron chi connectivity index (χ4n) is 2.03. The maximum Gasteiger partial charge on any atom is 0.308 e. The molecule has 0 aliphatic heterocycles. The molecule has 22 heavy (non-hydrogen) atoms. The van der Waals surface area contributed by atoms with E-state index in [1.807, 2.05) is 6.92 Å². The minimum Gasteiger partial charge on any atom is -0.481 e. The van der Waals surface area contributed by atoms with Crippen LogP contribution in [0, 0.1) is 18.8 Å². The van der Waals surface area contributed by atoms with Gasteiger partial charge in [0, 0.05) is 6.54 Å². The number of aliphatic carboxylic acids is 2. The van der Waals surface area contributed by atoms with Crippen molar-refractivity contribution in [1.82, 2.24) is 4.72 Å². The van der Waals surface area contributed by atoms with Gasteiger partial charge in [-0.2, -0.15) is 0 Å². The van der Waals surface area contributed by atoms with E-state index >= 15 is 0 Å². The smallest absolute Gasteiger partial charge is 0.308 e. The van der Waals surface area contributed by atoms with Crippen LogP contribution in [0.3, 0.4) is 0 Å². The van der Waals surface area contributed by atoms with Gasteiger partial charge in [0.05, 0.1) is 16.7 Å². The third-order valence-electron chi connectivity index (χ3n) is 3.38. The molecule has 0 aromatic heterocycles. The van der Waals surface area contributed by atoms with E-state index in [2.05, 4.69) is 4.72 Å². The van der Waals surface area contributed by atoms with Gasteiger partial charge in [-0.15, -0.1) is 0 Å². The summed E-state index contributed by atoms with van der Waals surface area (Å²) in [5.41, 5.74) is 0.888. The maximum atomic E-state index is 12.1. The molecular formula is C14H19NO6S. The van der Waals surface area contributed by atoms with Gasteiger partial charge in [-0.05, 0) is 25.5 Å². The van der Waals surface area contributed by atoms with Gasteiger partial charge in [0.15, 0.2) is 0 Å². The van der Waals surface area contributed by atoms with Gasteiger partial charge >= 0.3 is 11.9 Å². The van der Waals surface area contributed by atoms with Crippen LogP contribution in [0.2, 0.25) is 0 Å². The number of carboxylic acid groups (broad SMARTS) is 2. The Labute approximate surface area is 129 Å². The Morgan fingerprint density at radius 1 is 1.09 bits per heavy atom. The van der Waals surface area contributed by atoms with Crippen LogP contribution in [-0.4, -0.2) is 37.1 Å². The zero-order valence-corrected chi connectivity index (χ0v) is 13.1. The maximum absolute atomic E-state index is 12.1. The highest BCUT2D eigenvalue weighted by Gasteiger charge is 2.33. The van der Waals surface area contributed by atoms with Gasteiger partial charge in [-0.25, -0.2) is 13.1 Å². The van der Waals surface area contributed by atoms with Gasteiger partial charge in [-0.3, -0.25) is 9.59 Å². The fourth-order valence-corrected chi connectivity index (χ4v) is 3.09. The zero-order chi connectivity index (χ0) is 16.9. The van der Waals surface area contributed by atoms with Gasteiger partial charge in [0.1, 0.15) is 0 Å². The highest BCUT2D eigenvalue weighted by molar-refractivity contribution is 7.89. The summed E-state index contributed by atoms with van der Waals surface area (Å²) in [6, 6.07) is 6.05. The van der Waals surface area contributed by atoms with Crippen molar-refractivity contribution in [2.45, 2.75) is 25.2 Å². The average molecular weight is 329 g/mol. The van der Waals surface area contributed by atoms with E-state index in [0.29, 0.717) is 0 Å². The molecule has 2 atom stereocenters. The van der Waals surface area contributed by atoms with Crippen molar-refractivity contribution in [3.8, 4) is 0 Å². The molecule has 0 saturated heterocycles. The SMILES string of the molecule is CC[C@H](C(=O)O)[C@H](CNS(=O)(=O)c1ccc(C)cc1)C(=O)O. The summed E-state index contributed by atoms with van der Waals surface area (Å²) in [7, 11) is -3.88. The summed E-state index contributed by atoms with van der Waals surface area (Å²) < 4.78 is 26.4. The lowest BCUT2D eigenvalue weighted by Gasteiger charge is -2.19. The van der Waals surface area contributed by atoms with Crippen LogP contribution in [0.1, 0.15) is 18.9 Å². The molecule has 0 aliphatic rings. The molecule has 0 unspecified atom stereocenters. The lowest BCUT2D eigenvalue weighted by Crippen LogP contribution is -2.39. The number of aryl methyl sites for hydroxylation is 1. The van der Waals surface area contributed by atoms with Crippen LogP contribution < -0.4 is 4.72 Å². The first-order valence-corrected chi connectivity index (χ1v) is 8.19. The Hall–Kier alpha value is -1.93. The van der Waals surface area contributed by atoms with Crippen LogP contribution in [0.4, 0.5) is 0 Å². The molecule has 0 fully saturated rings. The number of carboxylic acids is 2. The van der Waals surface area contributed by atoms with E-state index in [9.17, 15) is 18.0 Å². The summed E-state index contributed by atoms with van der Waals surface area (Å²) >= 11 is 0. The van der Waals surface area contributed by atoms with Gasteiger partial charge < -0.3 is 10.2 Å². The number of hydrogen-bond acceptors (Lipinski definition) is 4. The number of nitrogens with one attached hydrogen (secondary N) is 1. The number of carbonyl (C=O) groups is 2. The number of sulfonamides is 1. The van der Waals surface area contributed by atoms with Crippen molar-refractivity contribution in [2.75, 3.05) is 6.54 Å². The standard InChI is InChI=1S/C14H19NO6S/c1-3-11(13(16)17)12(14(18)19)8-15-22(20,21)10-6-4-9(2)5-7-10/h4-7,11-12,15H,3,8H2,1-2H3,(H,16,17)(H,18,19)/t11-,12-/m0/s1. The largest absolute Gasteiger partial charge is 0.481 e. The molecule has 122 valence electrons. The summed E-state index contributed by atoms with van der Waals surface area (Å²) in [4.78, 5) is 22.3. The summed E-state index contributed by atoms with van der Waals surface area (Å²) in [6.45, 7) is 2.88. The number of benzene rings is 1. The van der Waals surface area contributed by atoms with Gasteiger partial charge in [0.2, 0.25) is 10.0 Å². The molecule has 3 N–H and O–H groups in total. The first-order valence-electron chi connectivity index (χ1n) is 6.71. The first kappa shape index (κ1) is 18.1. The van der Waals surface area contributed by atoms with Crippen LogP contribution in [0.25, 0.3) is 0 Å². The molecule has 0 spiro atoms. The predicted molar refractivity (Wildman–Crippen MR) is 78.9 cm³/mol. The second-order valence-electron chi connectivity index (χ2n) is 4.96. The predicted octanol–water partition coefficient (Wildman–Crippen LogP) is 1.08. The Morgan fingerprint density at radius 3 is 2.00 bits per heavy atom. The van der Waals surface area contributed by atoms with E-state index < -0.39 is 40.3 Å². The first-order chi connectivity index (χ1) is 10.2. The number of hydrogen-bond donors (Lipinski definition) is 3. The minimum atomic E-state index is -3.88. The van der Waals surface area contributed by atoms with Crippen molar-refractivity contribution in [2.24, 2.45) is 11.8 Å². The molecule has 0 radical (unpaired) electrons. The van der Waals surface area contributed by atoms with Crippen molar-refractivity contribution in [1.29, 1.82) is 0 Å². The zero-order valence-electron chi connectivity index (χ0n) is 12.3. The normalized spacial score (nSPS) is 14.3. The third-order valence-corrected chi connectivity index (χ3v) is 4.82. The van der Waals surface area contributed by atoms with E-state index in [0.717, 1.165) is 5.56 Å². The highest BCUT2D eigenvalue weighted by Crippen LogP contribution is 2.18. The molecule has 1 aromatic carbocycles. The van der Waals surface area contributed by atoms with Crippen LogP contribution >= 0.6 is 0 Å². The van der Waals surface area contributed by atoms with Gasteiger partial charge in [0.25, 0.3) is 0 Å². The molecule has 0 bridgehead atoms. The third kappa shape index (κ3) is 4.54. The quantitative estimate of drug-likeness (QED) is 0.656. The minimum absolute atomic E-state index is 0.00520. The van der Waals surface area contributed by atoms with Crippen molar-refractivity contribution in [3.63, 3.8) is 0 Å². The molecule has 7 nitrogen and oxygen atoms in total. The molecule has 0 aliphatic carbocycles. The van der Waals surface area contributed by atoms with Crippen molar-refractivity contribution in [3.05, 3.63) is 29.8 Å². The molecule has 0 heterocycles.